The molecular formula is C16H14ClFN4O2. The van der Waals surface area contributed by atoms with Gasteiger partial charge < -0.3 is 10.1 Å². The van der Waals surface area contributed by atoms with Crippen molar-refractivity contribution >= 4 is 23.2 Å². The fraction of sp³-hybridized carbons (Fsp3) is 0.188. The van der Waals surface area contributed by atoms with Crippen molar-refractivity contribution in [3.8, 4) is 5.75 Å². The normalized spacial score (nSPS) is 12.1. The van der Waals surface area contributed by atoms with Crippen LogP contribution >= 0.6 is 11.6 Å². The van der Waals surface area contributed by atoms with Gasteiger partial charge in [0.15, 0.2) is 18.1 Å². The molecule has 124 valence electrons. The Kier molecular flexibility index (Phi) is 4.61. The molecular weight excluding hydrogens is 335 g/mol. The van der Waals surface area contributed by atoms with Gasteiger partial charge in [-0.2, -0.15) is 0 Å². The molecule has 6 nitrogen and oxygen atoms in total. The SMILES string of the molecule is CC(NC(=O)COc1ccc(F)cc1Cl)c1nnc2ccccn12. The average Bonchev–Trinajstić information content (AvgIpc) is 2.98. The summed E-state index contributed by atoms with van der Waals surface area (Å²) in [6.45, 7) is 1.55. The number of hydrogen-bond acceptors (Lipinski definition) is 4. The van der Waals surface area contributed by atoms with Gasteiger partial charge in [0.2, 0.25) is 0 Å². The number of halogens is 2. The molecule has 0 saturated heterocycles. The van der Waals surface area contributed by atoms with Crippen molar-refractivity contribution in [3.63, 3.8) is 0 Å². The number of pyridine rings is 1. The fourth-order valence-corrected chi connectivity index (χ4v) is 2.46. The van der Waals surface area contributed by atoms with E-state index in [-0.39, 0.29) is 29.3 Å². The van der Waals surface area contributed by atoms with Crippen LogP contribution in [0.2, 0.25) is 5.02 Å². The summed E-state index contributed by atoms with van der Waals surface area (Å²) in [6, 6.07) is 8.89. The summed E-state index contributed by atoms with van der Waals surface area (Å²) in [7, 11) is 0. The van der Waals surface area contributed by atoms with Crippen LogP contribution in [0.1, 0.15) is 18.8 Å². The summed E-state index contributed by atoms with van der Waals surface area (Å²) in [6.07, 6.45) is 1.82. The van der Waals surface area contributed by atoms with Gasteiger partial charge >= 0.3 is 0 Å². The number of carbonyl (C=O) groups excluding carboxylic acids is 1. The first-order valence-corrected chi connectivity index (χ1v) is 7.59. The summed E-state index contributed by atoms with van der Waals surface area (Å²) in [4.78, 5) is 12.0. The minimum absolute atomic E-state index is 0.110. The van der Waals surface area contributed by atoms with Crippen LogP contribution in [0, 0.1) is 5.82 Å². The van der Waals surface area contributed by atoms with Crippen LogP contribution in [0.15, 0.2) is 42.6 Å². The third-order valence-electron chi connectivity index (χ3n) is 3.36. The van der Waals surface area contributed by atoms with Gasteiger partial charge in [0.25, 0.3) is 5.91 Å². The van der Waals surface area contributed by atoms with Gasteiger partial charge in [0.1, 0.15) is 11.6 Å². The average molecular weight is 349 g/mol. The zero-order valence-corrected chi connectivity index (χ0v) is 13.5. The number of ether oxygens (including phenoxy) is 1. The summed E-state index contributed by atoms with van der Waals surface area (Å²) < 4.78 is 20.1. The Bertz CT molecular complexity index is 883. The number of hydrogen-bond donors (Lipinski definition) is 1. The number of fused-ring (bicyclic) bond motifs is 1. The number of nitrogens with one attached hydrogen (secondary N) is 1. The van der Waals surface area contributed by atoms with E-state index in [0.717, 1.165) is 6.07 Å². The monoisotopic (exact) mass is 348 g/mol. The van der Waals surface area contributed by atoms with Crippen molar-refractivity contribution in [1.82, 2.24) is 19.9 Å². The van der Waals surface area contributed by atoms with Crippen LogP contribution in [0.4, 0.5) is 4.39 Å². The summed E-state index contributed by atoms with van der Waals surface area (Å²) in [5.41, 5.74) is 0.697. The zero-order chi connectivity index (χ0) is 17.1. The lowest BCUT2D eigenvalue weighted by Gasteiger charge is -2.13. The highest BCUT2D eigenvalue weighted by molar-refractivity contribution is 6.32. The minimum Gasteiger partial charge on any atom is -0.482 e. The smallest absolute Gasteiger partial charge is 0.258 e. The van der Waals surface area contributed by atoms with Crippen molar-refractivity contribution in [3.05, 3.63) is 59.3 Å². The van der Waals surface area contributed by atoms with Gasteiger partial charge in [0, 0.05) is 6.20 Å². The molecule has 1 aromatic carbocycles. The molecule has 0 aliphatic rings. The molecule has 1 amide bonds. The first kappa shape index (κ1) is 16.2. The molecule has 0 fully saturated rings. The number of nitrogens with zero attached hydrogens (tertiary/aromatic N) is 3. The molecule has 1 unspecified atom stereocenters. The predicted molar refractivity (Wildman–Crippen MR) is 86.4 cm³/mol. The minimum atomic E-state index is -0.468. The second-order valence-electron chi connectivity index (χ2n) is 5.14. The van der Waals surface area contributed by atoms with Gasteiger partial charge in [-0.3, -0.25) is 9.20 Å². The van der Waals surface area contributed by atoms with Crippen molar-refractivity contribution in [2.24, 2.45) is 0 Å². The van der Waals surface area contributed by atoms with Crippen LogP contribution < -0.4 is 10.1 Å². The molecule has 24 heavy (non-hydrogen) atoms. The second-order valence-corrected chi connectivity index (χ2v) is 5.55. The third-order valence-corrected chi connectivity index (χ3v) is 3.65. The third kappa shape index (κ3) is 3.46. The summed E-state index contributed by atoms with van der Waals surface area (Å²) >= 11 is 5.85. The molecule has 2 heterocycles. The molecule has 3 aromatic rings. The highest BCUT2D eigenvalue weighted by atomic mass is 35.5. The largest absolute Gasteiger partial charge is 0.482 e. The van der Waals surface area contributed by atoms with E-state index in [9.17, 15) is 9.18 Å². The lowest BCUT2D eigenvalue weighted by Crippen LogP contribution is -2.32. The highest BCUT2D eigenvalue weighted by Crippen LogP contribution is 2.24. The Hall–Kier alpha value is -2.67. The number of benzene rings is 1. The molecule has 1 N–H and O–H groups in total. The first-order chi connectivity index (χ1) is 11.5. The molecule has 1 atom stereocenters. The van der Waals surface area contributed by atoms with Crippen molar-refractivity contribution in [2.75, 3.05) is 6.61 Å². The Labute approximate surface area is 142 Å². The number of amides is 1. The number of carbonyl (C=O) groups is 1. The Morgan fingerprint density at radius 1 is 1.38 bits per heavy atom. The maximum Gasteiger partial charge on any atom is 0.258 e. The Balaban J connectivity index is 1.62. The predicted octanol–water partition coefficient (Wildman–Crippen LogP) is 2.78. The molecule has 8 heteroatoms. The van der Waals surface area contributed by atoms with E-state index >= 15 is 0 Å². The highest BCUT2D eigenvalue weighted by Gasteiger charge is 2.16. The number of rotatable bonds is 5. The molecule has 2 aromatic heterocycles. The lowest BCUT2D eigenvalue weighted by molar-refractivity contribution is -0.123. The van der Waals surface area contributed by atoms with E-state index in [1.54, 1.807) is 11.3 Å². The first-order valence-electron chi connectivity index (χ1n) is 7.21. The Morgan fingerprint density at radius 2 is 2.21 bits per heavy atom. The van der Waals surface area contributed by atoms with Crippen LogP contribution in [0.25, 0.3) is 5.65 Å². The summed E-state index contributed by atoms with van der Waals surface area (Å²) in [5, 5.41) is 11.0. The molecule has 0 bridgehead atoms. The quantitative estimate of drug-likeness (QED) is 0.769. The molecule has 0 saturated carbocycles. The summed E-state index contributed by atoms with van der Waals surface area (Å²) in [5.74, 6) is 0.0345. The van der Waals surface area contributed by atoms with E-state index < -0.39 is 5.82 Å². The molecule has 0 aliphatic heterocycles. The van der Waals surface area contributed by atoms with Crippen molar-refractivity contribution < 1.29 is 13.9 Å². The van der Waals surface area contributed by atoms with Crippen molar-refractivity contribution in [2.45, 2.75) is 13.0 Å². The van der Waals surface area contributed by atoms with Crippen LogP contribution in [-0.2, 0) is 4.79 Å². The Morgan fingerprint density at radius 3 is 3.00 bits per heavy atom. The van der Waals surface area contributed by atoms with Gasteiger partial charge in [-0.05, 0) is 37.3 Å². The van der Waals surface area contributed by atoms with E-state index in [2.05, 4.69) is 15.5 Å². The molecule has 3 rings (SSSR count). The van der Waals surface area contributed by atoms with Crippen molar-refractivity contribution in [1.29, 1.82) is 0 Å². The molecule has 0 aliphatic carbocycles. The molecule has 0 spiro atoms. The van der Waals surface area contributed by atoms with Crippen LogP contribution in [-0.4, -0.2) is 27.1 Å². The van der Waals surface area contributed by atoms with E-state index in [0.29, 0.717) is 11.5 Å². The van der Waals surface area contributed by atoms with Crippen LogP contribution in [0.3, 0.4) is 0 Å². The van der Waals surface area contributed by atoms with Gasteiger partial charge in [-0.25, -0.2) is 4.39 Å². The standard InChI is InChI=1S/C16H14ClFN4O2/c1-10(16-21-20-14-4-2-3-7-22(14)16)19-15(23)9-24-13-6-5-11(18)8-12(13)17/h2-8,10H,9H2,1H3,(H,19,23). The lowest BCUT2D eigenvalue weighted by atomic mass is 10.3. The van der Waals surface area contributed by atoms with Gasteiger partial charge in [-0.1, -0.05) is 17.7 Å². The topological polar surface area (TPSA) is 68.5 Å². The second kappa shape index (κ2) is 6.84. The zero-order valence-electron chi connectivity index (χ0n) is 12.7. The fourth-order valence-electron chi connectivity index (χ4n) is 2.24. The maximum atomic E-state index is 13.0. The molecule has 0 radical (unpaired) electrons. The van der Waals surface area contributed by atoms with E-state index in [1.165, 1.54) is 12.1 Å². The maximum absolute atomic E-state index is 13.0. The van der Waals surface area contributed by atoms with E-state index in [1.807, 2.05) is 24.4 Å². The van der Waals surface area contributed by atoms with E-state index in [4.69, 9.17) is 16.3 Å². The van der Waals surface area contributed by atoms with Gasteiger partial charge in [0.05, 0.1) is 11.1 Å². The van der Waals surface area contributed by atoms with Crippen LogP contribution in [0.5, 0.6) is 5.75 Å². The van der Waals surface area contributed by atoms with Gasteiger partial charge in [-0.15, -0.1) is 10.2 Å². The number of aromatic nitrogens is 3.